The van der Waals surface area contributed by atoms with E-state index in [4.69, 9.17) is 26.3 Å². The van der Waals surface area contributed by atoms with Crippen LogP contribution >= 0.6 is 11.6 Å². The molecule has 0 amide bonds. The minimum Gasteiger partial charge on any atom is -0.493 e. The van der Waals surface area contributed by atoms with Gasteiger partial charge in [-0.1, -0.05) is 16.8 Å². The van der Waals surface area contributed by atoms with Crippen LogP contribution in [0.1, 0.15) is 11.3 Å². The van der Waals surface area contributed by atoms with E-state index < -0.39 is 0 Å². The van der Waals surface area contributed by atoms with E-state index >= 15 is 0 Å². The van der Waals surface area contributed by atoms with Crippen molar-refractivity contribution in [2.24, 2.45) is 0 Å². The summed E-state index contributed by atoms with van der Waals surface area (Å²) in [6.07, 6.45) is 1.45. The van der Waals surface area contributed by atoms with Crippen LogP contribution < -0.4 is 9.47 Å². The normalized spacial score (nSPS) is 9.83. The summed E-state index contributed by atoms with van der Waals surface area (Å²) >= 11 is 6.03. The predicted molar refractivity (Wildman–Crippen MR) is 63.6 cm³/mol. The molecule has 92 valence electrons. The second-order valence-corrected chi connectivity index (χ2v) is 3.79. The molecule has 2 rings (SSSR count). The lowest BCUT2D eigenvalue weighted by molar-refractivity contribution is 0.272. The number of halogens is 1. The third kappa shape index (κ3) is 2.55. The van der Waals surface area contributed by atoms with Gasteiger partial charge >= 0.3 is 0 Å². The van der Waals surface area contributed by atoms with Gasteiger partial charge in [-0.2, -0.15) is 5.26 Å². The molecular weight excluding hydrogens is 256 g/mol. The Morgan fingerprint density at radius 1 is 1.50 bits per heavy atom. The molecule has 5 nitrogen and oxygen atoms in total. The van der Waals surface area contributed by atoms with Crippen molar-refractivity contribution in [3.63, 3.8) is 0 Å². The topological polar surface area (TPSA) is 68.3 Å². The summed E-state index contributed by atoms with van der Waals surface area (Å²) in [5, 5.41) is 12.9. The number of aromatic nitrogens is 1. The Bertz CT molecular complexity index is 576. The van der Waals surface area contributed by atoms with Gasteiger partial charge < -0.3 is 14.0 Å². The predicted octanol–water partition coefficient (Wildman–Crippen LogP) is 2.79. The minimum absolute atomic E-state index is 0.207. The number of methoxy groups -OCH3 is 1. The molecule has 2 aromatic rings. The number of hydrogen-bond acceptors (Lipinski definition) is 5. The molecule has 1 heterocycles. The molecule has 0 N–H and O–H groups in total. The molecule has 0 spiro atoms. The summed E-state index contributed by atoms with van der Waals surface area (Å²) in [4.78, 5) is 0. The summed E-state index contributed by atoms with van der Waals surface area (Å²) < 4.78 is 15.3. The van der Waals surface area contributed by atoms with Crippen molar-refractivity contribution in [1.82, 2.24) is 5.16 Å². The maximum Gasteiger partial charge on any atom is 0.180 e. The molecule has 0 radical (unpaired) electrons. The van der Waals surface area contributed by atoms with Gasteiger partial charge in [-0.25, -0.2) is 0 Å². The van der Waals surface area contributed by atoms with Crippen LogP contribution in [0.25, 0.3) is 0 Å². The van der Waals surface area contributed by atoms with Gasteiger partial charge in [0, 0.05) is 12.1 Å². The zero-order valence-electron chi connectivity index (χ0n) is 9.51. The van der Waals surface area contributed by atoms with Gasteiger partial charge in [-0.15, -0.1) is 0 Å². The van der Waals surface area contributed by atoms with Crippen LogP contribution in [0.2, 0.25) is 5.02 Å². The van der Waals surface area contributed by atoms with Gasteiger partial charge in [0.05, 0.1) is 23.8 Å². The van der Waals surface area contributed by atoms with Crippen LogP contribution in [0, 0.1) is 11.3 Å². The Morgan fingerprint density at radius 2 is 2.33 bits per heavy atom. The number of nitrogens with zero attached hydrogens (tertiary/aromatic N) is 2. The smallest absolute Gasteiger partial charge is 0.180 e. The van der Waals surface area contributed by atoms with Gasteiger partial charge in [0.1, 0.15) is 18.6 Å². The number of hydrogen-bond donors (Lipinski definition) is 0. The Labute approximate surface area is 108 Å². The quantitative estimate of drug-likeness (QED) is 0.849. The van der Waals surface area contributed by atoms with Crippen LogP contribution in [-0.2, 0) is 6.61 Å². The summed E-state index contributed by atoms with van der Waals surface area (Å²) in [6.45, 7) is 0.207. The lowest BCUT2D eigenvalue weighted by Crippen LogP contribution is -1.99. The molecule has 0 aliphatic heterocycles. The van der Waals surface area contributed by atoms with E-state index in [9.17, 15) is 0 Å². The Balaban J connectivity index is 2.24. The molecule has 0 unspecified atom stereocenters. The molecule has 0 fully saturated rings. The molecule has 18 heavy (non-hydrogen) atoms. The van der Waals surface area contributed by atoms with E-state index in [0.717, 1.165) is 0 Å². The molecule has 1 aromatic carbocycles. The van der Waals surface area contributed by atoms with E-state index in [0.29, 0.717) is 27.8 Å². The van der Waals surface area contributed by atoms with Crippen molar-refractivity contribution in [3.8, 4) is 17.6 Å². The summed E-state index contributed by atoms with van der Waals surface area (Å²) in [5.74, 6) is 0.781. The molecule has 6 heteroatoms. The highest BCUT2D eigenvalue weighted by Gasteiger charge is 2.12. The lowest BCUT2D eigenvalue weighted by Gasteiger charge is -2.11. The molecule has 0 saturated carbocycles. The van der Waals surface area contributed by atoms with Crippen LogP contribution in [-0.4, -0.2) is 12.3 Å². The molecule has 0 bridgehead atoms. The average Bonchev–Trinajstić information content (AvgIpc) is 2.89. The number of ether oxygens (including phenoxy) is 2. The zero-order valence-corrected chi connectivity index (χ0v) is 10.3. The number of benzene rings is 1. The molecule has 0 aliphatic rings. The SMILES string of the molecule is COc1cc(C#N)cc(Cl)c1OCc1ccon1. The highest BCUT2D eigenvalue weighted by Crippen LogP contribution is 2.36. The van der Waals surface area contributed by atoms with Crippen molar-refractivity contribution in [1.29, 1.82) is 5.26 Å². The van der Waals surface area contributed by atoms with Crippen LogP contribution in [0.5, 0.6) is 11.5 Å². The van der Waals surface area contributed by atoms with E-state index in [-0.39, 0.29) is 6.61 Å². The van der Waals surface area contributed by atoms with Crippen molar-refractivity contribution >= 4 is 11.6 Å². The van der Waals surface area contributed by atoms with E-state index in [2.05, 4.69) is 9.68 Å². The highest BCUT2D eigenvalue weighted by molar-refractivity contribution is 6.32. The van der Waals surface area contributed by atoms with Gasteiger partial charge in [0.2, 0.25) is 0 Å². The first kappa shape index (κ1) is 12.3. The minimum atomic E-state index is 0.207. The summed E-state index contributed by atoms with van der Waals surface area (Å²) in [5.41, 5.74) is 1.04. The third-order valence-corrected chi connectivity index (χ3v) is 2.49. The van der Waals surface area contributed by atoms with E-state index in [1.54, 1.807) is 12.1 Å². The van der Waals surface area contributed by atoms with E-state index in [1.165, 1.54) is 19.4 Å². The lowest BCUT2D eigenvalue weighted by atomic mass is 10.2. The molecule has 0 aliphatic carbocycles. The van der Waals surface area contributed by atoms with Crippen molar-refractivity contribution < 1.29 is 14.0 Å². The summed E-state index contributed by atoms with van der Waals surface area (Å²) in [6, 6.07) is 6.75. The molecule has 0 saturated heterocycles. The first-order valence-corrected chi connectivity index (χ1v) is 5.42. The Morgan fingerprint density at radius 3 is 2.94 bits per heavy atom. The highest BCUT2D eigenvalue weighted by atomic mass is 35.5. The van der Waals surface area contributed by atoms with Crippen LogP contribution in [0.15, 0.2) is 29.0 Å². The third-order valence-electron chi connectivity index (χ3n) is 2.21. The Hall–Kier alpha value is -2.19. The maximum atomic E-state index is 8.83. The fourth-order valence-electron chi connectivity index (χ4n) is 1.38. The van der Waals surface area contributed by atoms with Crippen molar-refractivity contribution in [2.75, 3.05) is 7.11 Å². The largest absolute Gasteiger partial charge is 0.493 e. The monoisotopic (exact) mass is 264 g/mol. The Kier molecular flexibility index (Phi) is 3.70. The van der Waals surface area contributed by atoms with Crippen molar-refractivity contribution in [2.45, 2.75) is 6.61 Å². The fourth-order valence-corrected chi connectivity index (χ4v) is 1.65. The fraction of sp³-hybridized carbons (Fsp3) is 0.167. The molecule has 0 atom stereocenters. The average molecular weight is 265 g/mol. The zero-order chi connectivity index (χ0) is 13.0. The molecule has 1 aromatic heterocycles. The first-order valence-electron chi connectivity index (χ1n) is 5.04. The van der Waals surface area contributed by atoms with Gasteiger partial charge in [-0.05, 0) is 6.07 Å². The van der Waals surface area contributed by atoms with Crippen LogP contribution in [0.4, 0.5) is 0 Å². The first-order chi connectivity index (χ1) is 8.74. The van der Waals surface area contributed by atoms with Gasteiger partial charge in [0.15, 0.2) is 11.5 Å². The van der Waals surface area contributed by atoms with Gasteiger partial charge in [0.25, 0.3) is 0 Å². The molecular formula is C12H9ClN2O3. The van der Waals surface area contributed by atoms with Crippen molar-refractivity contribution in [3.05, 3.63) is 40.7 Å². The maximum absolute atomic E-state index is 8.83. The summed E-state index contributed by atoms with van der Waals surface area (Å²) in [7, 11) is 1.48. The van der Waals surface area contributed by atoms with Crippen LogP contribution in [0.3, 0.4) is 0 Å². The van der Waals surface area contributed by atoms with Gasteiger partial charge in [-0.3, -0.25) is 0 Å². The van der Waals surface area contributed by atoms with E-state index in [1.807, 2.05) is 6.07 Å². The standard InChI is InChI=1S/C12H9ClN2O3/c1-16-11-5-8(6-14)4-10(13)12(11)17-7-9-2-3-18-15-9/h2-5H,7H2,1H3. The second kappa shape index (κ2) is 5.43. The number of rotatable bonds is 4. The number of nitriles is 1. The second-order valence-electron chi connectivity index (χ2n) is 3.38.